The minimum absolute atomic E-state index is 0.406. The fourth-order valence-corrected chi connectivity index (χ4v) is 2.36. The summed E-state index contributed by atoms with van der Waals surface area (Å²) >= 11 is 0. The number of aromatic nitrogens is 2. The summed E-state index contributed by atoms with van der Waals surface area (Å²) in [7, 11) is 1.32. The first-order chi connectivity index (χ1) is 11.7. The van der Waals surface area contributed by atoms with E-state index in [2.05, 4.69) is 14.7 Å². The number of esters is 1. The first kappa shape index (κ1) is 15.9. The van der Waals surface area contributed by atoms with Crippen molar-refractivity contribution in [3.63, 3.8) is 0 Å². The number of nitrogens with zero attached hydrogens (tertiary/aromatic N) is 2. The van der Waals surface area contributed by atoms with Crippen LogP contribution in [0.1, 0.15) is 5.56 Å². The van der Waals surface area contributed by atoms with Crippen molar-refractivity contribution < 1.29 is 14.3 Å². The summed E-state index contributed by atoms with van der Waals surface area (Å²) in [5, 5.41) is 1.85. The first-order valence-electron chi connectivity index (χ1n) is 7.46. The van der Waals surface area contributed by atoms with Crippen LogP contribution < -0.4 is 10.5 Å². The summed E-state index contributed by atoms with van der Waals surface area (Å²) in [6.07, 6.45) is 5.55. The van der Waals surface area contributed by atoms with Crippen molar-refractivity contribution in [2.75, 3.05) is 7.11 Å². The highest BCUT2D eigenvalue weighted by atomic mass is 16.5. The van der Waals surface area contributed by atoms with Crippen molar-refractivity contribution in [3.05, 3.63) is 60.6 Å². The predicted molar refractivity (Wildman–Crippen MR) is 89.7 cm³/mol. The molecule has 3 aromatic rings. The molecule has 0 saturated heterocycles. The highest BCUT2D eigenvalue weighted by Gasteiger charge is 2.14. The second-order valence-electron chi connectivity index (χ2n) is 5.29. The molecule has 0 amide bonds. The molecule has 24 heavy (non-hydrogen) atoms. The number of hydrogen-bond donors (Lipinski definition) is 1. The van der Waals surface area contributed by atoms with Gasteiger partial charge >= 0.3 is 5.97 Å². The van der Waals surface area contributed by atoms with Crippen molar-refractivity contribution in [3.8, 4) is 11.6 Å². The zero-order chi connectivity index (χ0) is 16.9. The van der Waals surface area contributed by atoms with Crippen molar-refractivity contribution in [1.82, 2.24) is 9.97 Å². The van der Waals surface area contributed by atoms with Gasteiger partial charge in [-0.15, -0.1) is 0 Å². The largest absolute Gasteiger partial charge is 0.468 e. The van der Waals surface area contributed by atoms with E-state index < -0.39 is 12.0 Å². The number of methoxy groups -OCH3 is 1. The van der Waals surface area contributed by atoms with E-state index >= 15 is 0 Å². The molecule has 1 atom stereocenters. The topological polar surface area (TPSA) is 87.3 Å². The van der Waals surface area contributed by atoms with Gasteiger partial charge in [-0.25, -0.2) is 4.98 Å². The molecular formula is C18H17N3O3. The monoisotopic (exact) mass is 323 g/mol. The molecule has 6 heteroatoms. The number of fused-ring (bicyclic) bond motifs is 1. The molecule has 0 aliphatic carbocycles. The molecule has 0 aliphatic heterocycles. The van der Waals surface area contributed by atoms with Crippen LogP contribution in [0.4, 0.5) is 0 Å². The third kappa shape index (κ3) is 3.49. The van der Waals surface area contributed by atoms with Crippen LogP contribution in [0.5, 0.6) is 11.6 Å². The fraction of sp³-hybridized carbons (Fsp3) is 0.167. The van der Waals surface area contributed by atoms with Gasteiger partial charge in [-0.05, 0) is 41.6 Å². The SMILES string of the molecule is COC(=O)C(N)Cc1ccc(Oc2nccc3ccncc23)cc1. The number of carbonyl (C=O) groups is 1. The fourth-order valence-electron chi connectivity index (χ4n) is 2.36. The Morgan fingerprint density at radius 1 is 1.17 bits per heavy atom. The van der Waals surface area contributed by atoms with Gasteiger partial charge in [0, 0.05) is 18.6 Å². The molecule has 2 N–H and O–H groups in total. The highest BCUT2D eigenvalue weighted by Crippen LogP contribution is 2.27. The van der Waals surface area contributed by atoms with E-state index in [-0.39, 0.29) is 0 Å². The minimum atomic E-state index is -0.674. The lowest BCUT2D eigenvalue weighted by atomic mass is 10.1. The van der Waals surface area contributed by atoms with Gasteiger partial charge in [0.2, 0.25) is 5.88 Å². The van der Waals surface area contributed by atoms with Crippen molar-refractivity contribution in [2.45, 2.75) is 12.5 Å². The second kappa shape index (κ2) is 7.06. The molecule has 1 unspecified atom stereocenters. The smallest absolute Gasteiger partial charge is 0.322 e. The number of pyridine rings is 2. The van der Waals surface area contributed by atoms with Gasteiger partial charge in [-0.3, -0.25) is 9.78 Å². The Morgan fingerprint density at radius 3 is 2.67 bits per heavy atom. The summed E-state index contributed by atoms with van der Waals surface area (Å²) < 4.78 is 10.5. The lowest BCUT2D eigenvalue weighted by Gasteiger charge is -2.10. The molecule has 0 aliphatic rings. The Labute approximate surface area is 139 Å². The van der Waals surface area contributed by atoms with E-state index in [9.17, 15) is 4.79 Å². The predicted octanol–water partition coefficient (Wildman–Crippen LogP) is 2.46. The Kier molecular flexibility index (Phi) is 4.67. The van der Waals surface area contributed by atoms with Crippen molar-refractivity contribution in [1.29, 1.82) is 0 Å². The molecular weight excluding hydrogens is 306 g/mol. The van der Waals surface area contributed by atoms with E-state index in [4.69, 9.17) is 10.5 Å². The van der Waals surface area contributed by atoms with Crippen LogP contribution in [0.25, 0.3) is 10.8 Å². The third-order valence-electron chi connectivity index (χ3n) is 3.63. The number of rotatable bonds is 5. The maximum atomic E-state index is 11.4. The molecule has 0 fully saturated rings. The number of hydrogen-bond acceptors (Lipinski definition) is 6. The van der Waals surface area contributed by atoms with Crippen molar-refractivity contribution in [2.24, 2.45) is 5.73 Å². The van der Waals surface area contributed by atoms with Gasteiger partial charge in [0.05, 0.1) is 12.5 Å². The molecule has 0 bridgehead atoms. The summed E-state index contributed by atoms with van der Waals surface area (Å²) in [4.78, 5) is 19.7. The average Bonchev–Trinajstić information content (AvgIpc) is 2.63. The molecule has 1 aromatic carbocycles. The van der Waals surface area contributed by atoms with Crippen LogP contribution in [0.15, 0.2) is 55.0 Å². The quantitative estimate of drug-likeness (QED) is 0.726. The molecule has 2 heterocycles. The van der Waals surface area contributed by atoms with E-state index in [0.717, 1.165) is 16.3 Å². The highest BCUT2D eigenvalue weighted by molar-refractivity contribution is 5.85. The van der Waals surface area contributed by atoms with Gasteiger partial charge in [0.15, 0.2) is 0 Å². The van der Waals surface area contributed by atoms with Crippen LogP contribution in [0.2, 0.25) is 0 Å². The van der Waals surface area contributed by atoms with Crippen LogP contribution >= 0.6 is 0 Å². The normalized spacial score (nSPS) is 11.9. The zero-order valence-electron chi connectivity index (χ0n) is 13.2. The van der Waals surface area contributed by atoms with Gasteiger partial charge in [0.25, 0.3) is 0 Å². The molecule has 6 nitrogen and oxygen atoms in total. The Morgan fingerprint density at radius 2 is 1.92 bits per heavy atom. The summed E-state index contributed by atoms with van der Waals surface area (Å²) in [6.45, 7) is 0. The third-order valence-corrected chi connectivity index (χ3v) is 3.63. The summed E-state index contributed by atoms with van der Waals surface area (Å²) in [5.41, 5.74) is 6.68. The molecule has 3 rings (SSSR count). The van der Waals surface area contributed by atoms with Crippen LogP contribution in [-0.2, 0) is 16.0 Å². The van der Waals surface area contributed by atoms with Crippen LogP contribution in [-0.4, -0.2) is 29.1 Å². The van der Waals surface area contributed by atoms with E-state index in [1.807, 2.05) is 36.4 Å². The van der Waals surface area contributed by atoms with Gasteiger partial charge in [-0.1, -0.05) is 12.1 Å². The Bertz CT molecular complexity index is 844. The lowest BCUT2D eigenvalue weighted by Crippen LogP contribution is -2.33. The maximum Gasteiger partial charge on any atom is 0.322 e. The Balaban J connectivity index is 1.75. The Hall–Kier alpha value is -2.99. The number of nitrogens with two attached hydrogens (primary N) is 1. The van der Waals surface area contributed by atoms with Gasteiger partial charge < -0.3 is 15.2 Å². The molecule has 2 aromatic heterocycles. The average molecular weight is 323 g/mol. The van der Waals surface area contributed by atoms with E-state index in [1.54, 1.807) is 18.6 Å². The van der Waals surface area contributed by atoms with E-state index in [0.29, 0.717) is 18.1 Å². The molecule has 0 radical (unpaired) electrons. The lowest BCUT2D eigenvalue weighted by molar-refractivity contribution is -0.142. The number of carbonyl (C=O) groups excluding carboxylic acids is 1. The second-order valence-corrected chi connectivity index (χ2v) is 5.29. The molecule has 122 valence electrons. The zero-order valence-corrected chi connectivity index (χ0v) is 13.2. The molecule has 0 spiro atoms. The van der Waals surface area contributed by atoms with E-state index in [1.165, 1.54) is 7.11 Å². The van der Waals surface area contributed by atoms with Crippen LogP contribution in [0, 0.1) is 0 Å². The van der Waals surface area contributed by atoms with Gasteiger partial charge in [0.1, 0.15) is 11.8 Å². The van der Waals surface area contributed by atoms with Crippen molar-refractivity contribution >= 4 is 16.7 Å². The minimum Gasteiger partial charge on any atom is -0.468 e. The summed E-state index contributed by atoms with van der Waals surface area (Å²) in [6, 6.07) is 10.5. The number of ether oxygens (including phenoxy) is 2. The first-order valence-corrected chi connectivity index (χ1v) is 7.46. The standard InChI is InChI=1S/C18H17N3O3/c1-23-18(22)16(19)10-12-2-4-14(5-3-12)24-17-15-11-20-8-6-13(15)7-9-21-17/h2-9,11,16H,10,19H2,1H3. The number of benzene rings is 1. The summed E-state index contributed by atoms with van der Waals surface area (Å²) in [5.74, 6) is 0.719. The van der Waals surface area contributed by atoms with Gasteiger partial charge in [-0.2, -0.15) is 0 Å². The molecule has 0 saturated carbocycles. The maximum absolute atomic E-state index is 11.4. The van der Waals surface area contributed by atoms with Crippen LogP contribution in [0.3, 0.4) is 0 Å².